The van der Waals surface area contributed by atoms with Crippen molar-refractivity contribution in [2.45, 2.75) is 90.0 Å². The summed E-state index contributed by atoms with van der Waals surface area (Å²) in [6, 6.07) is 8.06. The van der Waals surface area contributed by atoms with Crippen molar-refractivity contribution in [2.75, 3.05) is 62.8 Å². The quantitative estimate of drug-likeness (QED) is 0.424. The molecule has 4 heteroatoms. The summed E-state index contributed by atoms with van der Waals surface area (Å²) < 4.78 is 5.58. The SMILES string of the molecule is CCC1(CC)CCC(c2cc(N3CCCC3COC)ccc2N2CCN(CC3CC3)CC2)CC1. The molecule has 0 aromatic heterocycles. The molecule has 4 fully saturated rings. The lowest BCUT2D eigenvalue weighted by molar-refractivity contribution is 0.159. The molecule has 4 nitrogen and oxygen atoms in total. The fourth-order valence-electron chi connectivity index (χ4n) is 7.21. The molecule has 1 unspecified atom stereocenters. The largest absolute Gasteiger partial charge is 0.383 e. The normalized spacial score (nSPS) is 26.4. The van der Waals surface area contributed by atoms with Gasteiger partial charge in [0, 0.05) is 57.8 Å². The van der Waals surface area contributed by atoms with Gasteiger partial charge < -0.3 is 14.5 Å². The molecule has 2 saturated carbocycles. The van der Waals surface area contributed by atoms with Crippen LogP contribution in [0.1, 0.15) is 89.5 Å². The summed E-state index contributed by atoms with van der Waals surface area (Å²) in [7, 11) is 1.85. The Morgan fingerprint density at radius 2 is 1.65 bits per heavy atom. The van der Waals surface area contributed by atoms with E-state index in [0.29, 0.717) is 17.4 Å². The lowest BCUT2D eigenvalue weighted by atomic mass is 9.66. The average Bonchev–Trinajstić information content (AvgIpc) is 3.58. The number of nitrogens with zero attached hydrogens (tertiary/aromatic N) is 3. The van der Waals surface area contributed by atoms with Gasteiger partial charge >= 0.3 is 0 Å². The Morgan fingerprint density at radius 3 is 2.29 bits per heavy atom. The van der Waals surface area contributed by atoms with Gasteiger partial charge in [-0.3, -0.25) is 4.90 Å². The van der Waals surface area contributed by atoms with Crippen LogP contribution in [0.15, 0.2) is 18.2 Å². The molecule has 0 radical (unpaired) electrons. The van der Waals surface area contributed by atoms with Crippen LogP contribution in [-0.4, -0.2) is 63.9 Å². The van der Waals surface area contributed by atoms with Gasteiger partial charge in [0.25, 0.3) is 0 Å². The van der Waals surface area contributed by atoms with Crippen molar-refractivity contribution in [3.05, 3.63) is 23.8 Å². The van der Waals surface area contributed by atoms with Gasteiger partial charge in [-0.15, -0.1) is 0 Å². The fourth-order valence-corrected chi connectivity index (χ4v) is 7.21. The third kappa shape index (κ3) is 5.28. The van der Waals surface area contributed by atoms with Gasteiger partial charge in [-0.2, -0.15) is 0 Å². The van der Waals surface area contributed by atoms with Crippen LogP contribution in [0.4, 0.5) is 11.4 Å². The standard InChI is InChI=1S/C30H49N3O/c1-4-30(5-2)14-12-25(13-15-30)28-21-26(33-16-6-7-27(33)23-34-3)10-11-29(28)32-19-17-31(18-20-32)22-24-8-9-24/h10-11,21,24-25,27H,4-9,12-20,22-23H2,1-3H3. The fraction of sp³-hybridized carbons (Fsp3) is 0.800. The van der Waals surface area contributed by atoms with Gasteiger partial charge in [0.05, 0.1) is 12.6 Å². The summed E-state index contributed by atoms with van der Waals surface area (Å²) in [5.41, 5.74) is 5.23. The second-order valence-electron chi connectivity index (χ2n) is 11.9. The molecule has 2 heterocycles. The van der Waals surface area contributed by atoms with Crippen LogP contribution in [0.25, 0.3) is 0 Å². The molecule has 0 bridgehead atoms. The van der Waals surface area contributed by atoms with Crippen LogP contribution >= 0.6 is 0 Å². The van der Waals surface area contributed by atoms with Gasteiger partial charge in [-0.05, 0) is 92.4 Å². The molecule has 0 spiro atoms. The van der Waals surface area contributed by atoms with E-state index in [1.54, 1.807) is 11.3 Å². The summed E-state index contributed by atoms with van der Waals surface area (Å²) in [4.78, 5) is 8.08. The van der Waals surface area contributed by atoms with E-state index in [9.17, 15) is 0 Å². The Kier molecular flexibility index (Phi) is 7.75. The van der Waals surface area contributed by atoms with E-state index < -0.39 is 0 Å². The second-order valence-corrected chi connectivity index (χ2v) is 11.9. The van der Waals surface area contributed by atoms with Gasteiger partial charge in [-0.25, -0.2) is 0 Å². The number of rotatable bonds is 9. The minimum atomic E-state index is 0.536. The first kappa shape index (κ1) is 24.4. The van der Waals surface area contributed by atoms with Crippen molar-refractivity contribution in [1.82, 2.24) is 4.90 Å². The van der Waals surface area contributed by atoms with E-state index >= 15 is 0 Å². The monoisotopic (exact) mass is 467 g/mol. The van der Waals surface area contributed by atoms with Gasteiger partial charge in [0.15, 0.2) is 0 Å². The summed E-state index contributed by atoms with van der Waals surface area (Å²) >= 11 is 0. The Hall–Kier alpha value is -1.26. The molecular weight excluding hydrogens is 418 g/mol. The molecule has 190 valence electrons. The predicted octanol–water partition coefficient (Wildman–Crippen LogP) is 6.30. The number of hydrogen-bond donors (Lipinski definition) is 0. The van der Waals surface area contributed by atoms with E-state index in [1.165, 1.54) is 109 Å². The Bertz CT molecular complexity index is 784. The van der Waals surface area contributed by atoms with Crippen molar-refractivity contribution >= 4 is 11.4 Å². The van der Waals surface area contributed by atoms with Crippen LogP contribution in [0.3, 0.4) is 0 Å². The van der Waals surface area contributed by atoms with E-state index in [1.807, 2.05) is 7.11 Å². The molecule has 2 saturated heterocycles. The minimum Gasteiger partial charge on any atom is -0.383 e. The van der Waals surface area contributed by atoms with Crippen molar-refractivity contribution < 1.29 is 4.74 Å². The first-order valence-electron chi connectivity index (χ1n) is 14.5. The molecule has 2 aliphatic carbocycles. The molecule has 2 aliphatic heterocycles. The van der Waals surface area contributed by atoms with E-state index in [4.69, 9.17) is 4.74 Å². The van der Waals surface area contributed by atoms with E-state index in [2.05, 4.69) is 46.7 Å². The highest BCUT2D eigenvalue weighted by molar-refractivity contribution is 5.64. The van der Waals surface area contributed by atoms with Crippen LogP contribution in [0.2, 0.25) is 0 Å². The highest BCUT2D eigenvalue weighted by Crippen LogP contribution is 2.49. The summed E-state index contributed by atoms with van der Waals surface area (Å²) in [5, 5.41) is 0. The van der Waals surface area contributed by atoms with Gasteiger partial charge in [0.2, 0.25) is 0 Å². The molecule has 1 aromatic carbocycles. The van der Waals surface area contributed by atoms with Crippen LogP contribution in [-0.2, 0) is 4.74 Å². The number of benzene rings is 1. The third-order valence-corrected chi connectivity index (χ3v) is 9.99. The number of hydrogen-bond acceptors (Lipinski definition) is 4. The maximum Gasteiger partial charge on any atom is 0.0666 e. The zero-order valence-corrected chi connectivity index (χ0v) is 22.2. The molecular formula is C30H49N3O. The van der Waals surface area contributed by atoms with Crippen molar-refractivity contribution in [3.63, 3.8) is 0 Å². The lowest BCUT2D eigenvalue weighted by Crippen LogP contribution is -2.47. The van der Waals surface area contributed by atoms with Crippen molar-refractivity contribution in [2.24, 2.45) is 11.3 Å². The Balaban J connectivity index is 1.37. The zero-order chi connectivity index (χ0) is 23.5. The van der Waals surface area contributed by atoms with E-state index in [-0.39, 0.29) is 0 Å². The Morgan fingerprint density at radius 1 is 0.912 bits per heavy atom. The molecule has 5 rings (SSSR count). The molecule has 1 aromatic rings. The van der Waals surface area contributed by atoms with Crippen LogP contribution in [0, 0.1) is 11.3 Å². The summed E-state index contributed by atoms with van der Waals surface area (Å²) in [6.07, 6.45) is 13.7. The maximum absolute atomic E-state index is 5.58. The number of ether oxygens (including phenoxy) is 1. The highest BCUT2D eigenvalue weighted by atomic mass is 16.5. The highest BCUT2D eigenvalue weighted by Gasteiger charge is 2.35. The first-order valence-corrected chi connectivity index (χ1v) is 14.5. The number of anilines is 2. The van der Waals surface area contributed by atoms with Crippen molar-refractivity contribution in [1.29, 1.82) is 0 Å². The van der Waals surface area contributed by atoms with E-state index in [0.717, 1.165) is 12.5 Å². The lowest BCUT2D eigenvalue weighted by Gasteiger charge is -2.42. The molecule has 0 N–H and O–H groups in total. The smallest absolute Gasteiger partial charge is 0.0666 e. The maximum atomic E-state index is 5.58. The molecule has 34 heavy (non-hydrogen) atoms. The molecule has 4 aliphatic rings. The number of piperazine rings is 1. The van der Waals surface area contributed by atoms with Crippen LogP contribution < -0.4 is 9.80 Å². The number of methoxy groups -OCH3 is 1. The topological polar surface area (TPSA) is 19.0 Å². The second kappa shape index (κ2) is 10.8. The first-order chi connectivity index (χ1) is 16.6. The van der Waals surface area contributed by atoms with Gasteiger partial charge in [0.1, 0.15) is 0 Å². The summed E-state index contributed by atoms with van der Waals surface area (Å²) in [6.45, 7) is 13.0. The Labute approximate surface area is 209 Å². The third-order valence-electron chi connectivity index (χ3n) is 9.99. The zero-order valence-electron chi connectivity index (χ0n) is 22.2. The minimum absolute atomic E-state index is 0.536. The summed E-state index contributed by atoms with van der Waals surface area (Å²) in [5.74, 6) is 1.72. The molecule has 0 amide bonds. The van der Waals surface area contributed by atoms with Crippen LogP contribution in [0.5, 0.6) is 0 Å². The van der Waals surface area contributed by atoms with Crippen molar-refractivity contribution in [3.8, 4) is 0 Å². The molecule has 1 atom stereocenters. The van der Waals surface area contributed by atoms with Gasteiger partial charge in [-0.1, -0.05) is 26.7 Å². The average molecular weight is 468 g/mol. The predicted molar refractivity (Wildman–Crippen MR) is 144 cm³/mol.